The lowest BCUT2D eigenvalue weighted by Gasteiger charge is -2.26. The van der Waals surface area contributed by atoms with Gasteiger partial charge in [-0.25, -0.2) is 0 Å². The topological polar surface area (TPSA) is 65.6 Å². The molecule has 2 aromatic carbocycles. The van der Waals surface area contributed by atoms with Crippen molar-refractivity contribution in [2.45, 2.75) is 33.7 Å². The monoisotopic (exact) mass is 450 g/mol. The highest BCUT2D eigenvalue weighted by molar-refractivity contribution is 7.80. The van der Waals surface area contributed by atoms with Gasteiger partial charge in [0, 0.05) is 37.3 Å². The summed E-state index contributed by atoms with van der Waals surface area (Å²) in [5.74, 6) is 5.72. The summed E-state index contributed by atoms with van der Waals surface area (Å²) in [6.07, 6.45) is 0.623. The molecule has 1 fully saturated rings. The van der Waals surface area contributed by atoms with Gasteiger partial charge in [0.2, 0.25) is 0 Å². The number of hydrogen-bond acceptors (Lipinski definition) is 4. The van der Waals surface area contributed by atoms with Gasteiger partial charge in [-0.3, -0.25) is 20.5 Å². The number of nitrogens with zero attached hydrogens (tertiary/aromatic N) is 1. The molecule has 2 aromatic rings. The van der Waals surface area contributed by atoms with Crippen molar-refractivity contribution in [1.29, 1.82) is 0 Å². The molecular formula is C25H30N4O2S. The minimum Gasteiger partial charge on any atom is -0.379 e. The van der Waals surface area contributed by atoms with Crippen LogP contribution >= 0.6 is 12.2 Å². The maximum absolute atomic E-state index is 12.7. The van der Waals surface area contributed by atoms with Gasteiger partial charge in [0.1, 0.15) is 0 Å². The minimum atomic E-state index is -0.238. The van der Waals surface area contributed by atoms with Crippen LogP contribution in [-0.2, 0) is 17.7 Å². The van der Waals surface area contributed by atoms with E-state index in [2.05, 4.69) is 45.0 Å². The molecule has 32 heavy (non-hydrogen) atoms. The molecule has 0 saturated carbocycles. The van der Waals surface area contributed by atoms with E-state index in [1.54, 1.807) is 0 Å². The molecule has 0 spiro atoms. The third-order valence-electron chi connectivity index (χ3n) is 5.39. The highest BCUT2D eigenvalue weighted by Crippen LogP contribution is 2.17. The van der Waals surface area contributed by atoms with E-state index in [0.29, 0.717) is 17.1 Å². The van der Waals surface area contributed by atoms with E-state index in [9.17, 15) is 4.79 Å². The van der Waals surface area contributed by atoms with Crippen molar-refractivity contribution in [3.8, 4) is 11.8 Å². The molecule has 1 amide bonds. The first kappa shape index (κ1) is 23.7. The number of nitrogens with one attached hydrogen (secondary N) is 3. The summed E-state index contributed by atoms with van der Waals surface area (Å²) in [5.41, 5.74) is 11.2. The van der Waals surface area contributed by atoms with Gasteiger partial charge in [0.05, 0.1) is 13.2 Å². The van der Waals surface area contributed by atoms with E-state index in [4.69, 9.17) is 17.0 Å². The van der Waals surface area contributed by atoms with Crippen molar-refractivity contribution in [2.24, 2.45) is 0 Å². The minimum absolute atomic E-state index is 0.238. The molecule has 0 aromatic heterocycles. The van der Waals surface area contributed by atoms with Crippen molar-refractivity contribution in [2.75, 3.05) is 31.6 Å². The van der Waals surface area contributed by atoms with Crippen LogP contribution in [0.1, 0.15) is 39.5 Å². The second-order valence-corrected chi connectivity index (χ2v) is 8.22. The summed E-state index contributed by atoms with van der Waals surface area (Å²) >= 11 is 5.33. The number of rotatable bonds is 5. The summed E-state index contributed by atoms with van der Waals surface area (Å²) in [6.45, 7) is 10.2. The molecule has 1 saturated heterocycles. The second kappa shape index (κ2) is 11.6. The summed E-state index contributed by atoms with van der Waals surface area (Å²) in [7, 11) is 0. The third-order valence-corrected chi connectivity index (χ3v) is 5.60. The molecule has 0 radical (unpaired) electrons. The van der Waals surface area contributed by atoms with Gasteiger partial charge in [-0.15, -0.1) is 5.92 Å². The Labute approximate surface area is 195 Å². The number of anilines is 1. The van der Waals surface area contributed by atoms with Crippen LogP contribution in [0.4, 0.5) is 5.69 Å². The zero-order valence-electron chi connectivity index (χ0n) is 18.9. The molecule has 0 aliphatic carbocycles. The Balaban J connectivity index is 1.52. The number of amides is 1. The normalized spacial score (nSPS) is 13.6. The lowest BCUT2D eigenvalue weighted by atomic mass is 9.98. The van der Waals surface area contributed by atoms with Crippen molar-refractivity contribution >= 4 is 28.9 Å². The maximum atomic E-state index is 12.7. The standard InChI is InChI=1S/C25H30N4O2S/c1-4-5-6-21-16-23(19(3)15-18(21)2)24(30)27-28-25(32)26-22-9-7-20(8-10-22)17-29-11-13-31-14-12-29/h7-10,15-16H,6,11-14,17H2,1-3H3,(H,27,30)(H2,26,28,32). The molecule has 0 unspecified atom stereocenters. The average Bonchev–Trinajstić information content (AvgIpc) is 2.79. The van der Waals surface area contributed by atoms with Crippen LogP contribution in [0.15, 0.2) is 36.4 Å². The molecule has 3 rings (SSSR count). The Morgan fingerprint density at radius 2 is 1.81 bits per heavy atom. The number of ether oxygens (including phenoxy) is 1. The lowest BCUT2D eigenvalue weighted by molar-refractivity contribution is 0.0342. The first-order valence-electron chi connectivity index (χ1n) is 10.7. The van der Waals surface area contributed by atoms with Crippen molar-refractivity contribution < 1.29 is 9.53 Å². The van der Waals surface area contributed by atoms with Crippen molar-refractivity contribution in [1.82, 2.24) is 15.8 Å². The van der Waals surface area contributed by atoms with Crippen molar-refractivity contribution in [3.63, 3.8) is 0 Å². The molecular weight excluding hydrogens is 420 g/mol. The average molecular weight is 451 g/mol. The number of hydrogen-bond donors (Lipinski definition) is 3. The molecule has 1 aliphatic rings. The van der Waals surface area contributed by atoms with E-state index in [1.165, 1.54) is 5.56 Å². The maximum Gasteiger partial charge on any atom is 0.269 e. The van der Waals surface area contributed by atoms with Gasteiger partial charge < -0.3 is 10.1 Å². The van der Waals surface area contributed by atoms with Crippen LogP contribution in [0.5, 0.6) is 0 Å². The molecule has 1 aliphatic heterocycles. The number of carbonyl (C=O) groups excluding carboxylic acids is 1. The number of thiocarbonyl (C=S) groups is 1. The smallest absolute Gasteiger partial charge is 0.269 e. The van der Waals surface area contributed by atoms with Crippen LogP contribution in [0, 0.1) is 25.7 Å². The Bertz CT molecular complexity index is 1020. The first-order valence-corrected chi connectivity index (χ1v) is 11.1. The zero-order chi connectivity index (χ0) is 22.9. The van der Waals surface area contributed by atoms with E-state index in [-0.39, 0.29) is 5.91 Å². The number of hydrazine groups is 1. The quantitative estimate of drug-likeness (QED) is 0.369. The van der Waals surface area contributed by atoms with Gasteiger partial charge in [0.25, 0.3) is 5.91 Å². The zero-order valence-corrected chi connectivity index (χ0v) is 19.7. The van der Waals surface area contributed by atoms with Gasteiger partial charge in [0.15, 0.2) is 5.11 Å². The SMILES string of the molecule is CC#CCc1cc(C(=O)NNC(=S)Nc2ccc(CN3CCOCC3)cc2)c(C)cc1C. The molecule has 0 bridgehead atoms. The summed E-state index contributed by atoms with van der Waals surface area (Å²) < 4.78 is 5.39. The predicted octanol–water partition coefficient (Wildman–Crippen LogP) is 3.33. The fourth-order valence-electron chi connectivity index (χ4n) is 3.57. The van der Waals surface area contributed by atoms with E-state index in [1.807, 2.05) is 45.0 Å². The van der Waals surface area contributed by atoms with Gasteiger partial charge in [-0.2, -0.15) is 0 Å². The number of benzene rings is 2. The first-order chi connectivity index (χ1) is 15.5. The van der Waals surface area contributed by atoms with Gasteiger partial charge >= 0.3 is 0 Å². The molecule has 1 heterocycles. The molecule has 6 nitrogen and oxygen atoms in total. The Morgan fingerprint density at radius 1 is 1.09 bits per heavy atom. The van der Waals surface area contributed by atoms with E-state index < -0.39 is 0 Å². The number of aryl methyl sites for hydroxylation is 2. The largest absolute Gasteiger partial charge is 0.379 e. The van der Waals surface area contributed by atoms with Gasteiger partial charge in [-0.05, 0) is 73.4 Å². The van der Waals surface area contributed by atoms with Crippen LogP contribution in [-0.4, -0.2) is 42.2 Å². The highest BCUT2D eigenvalue weighted by atomic mass is 32.1. The third kappa shape index (κ3) is 6.79. The van der Waals surface area contributed by atoms with Crippen LogP contribution < -0.4 is 16.2 Å². The summed E-state index contributed by atoms with van der Waals surface area (Å²) in [5, 5.41) is 3.42. The fourth-order valence-corrected chi connectivity index (χ4v) is 3.74. The molecule has 168 valence electrons. The molecule has 7 heteroatoms. The predicted molar refractivity (Wildman–Crippen MR) is 132 cm³/mol. The van der Waals surface area contributed by atoms with E-state index >= 15 is 0 Å². The fraction of sp³-hybridized carbons (Fsp3) is 0.360. The molecule has 0 atom stereocenters. The summed E-state index contributed by atoms with van der Waals surface area (Å²) in [4.78, 5) is 15.1. The van der Waals surface area contributed by atoms with Crippen LogP contribution in [0.2, 0.25) is 0 Å². The van der Waals surface area contributed by atoms with Crippen molar-refractivity contribution in [3.05, 3.63) is 64.2 Å². The number of morpholine rings is 1. The summed E-state index contributed by atoms with van der Waals surface area (Å²) in [6, 6.07) is 12.0. The Kier molecular flexibility index (Phi) is 8.63. The second-order valence-electron chi connectivity index (χ2n) is 7.82. The van der Waals surface area contributed by atoms with Crippen LogP contribution in [0.3, 0.4) is 0 Å². The lowest BCUT2D eigenvalue weighted by Crippen LogP contribution is -2.44. The molecule has 3 N–H and O–H groups in total. The van der Waals surface area contributed by atoms with Crippen LogP contribution in [0.25, 0.3) is 0 Å². The Morgan fingerprint density at radius 3 is 2.50 bits per heavy atom. The van der Waals surface area contributed by atoms with E-state index in [0.717, 1.165) is 55.2 Å². The van der Waals surface area contributed by atoms with Gasteiger partial charge in [-0.1, -0.05) is 24.1 Å². The Hall–Kier alpha value is -2.92. The highest BCUT2D eigenvalue weighted by Gasteiger charge is 2.13. The number of carbonyl (C=O) groups is 1.